The Kier molecular flexibility index (Phi) is 5.02. The fourth-order valence-electron chi connectivity index (χ4n) is 2.75. The van der Waals surface area contributed by atoms with Gasteiger partial charge >= 0.3 is 0 Å². The van der Waals surface area contributed by atoms with Crippen LogP contribution in [0.25, 0.3) is 0 Å². The molecule has 7 nitrogen and oxygen atoms in total. The third-order valence-electron chi connectivity index (χ3n) is 3.94. The third-order valence-corrected chi connectivity index (χ3v) is 3.94. The largest absolute Gasteiger partial charge is 0.493 e. The first kappa shape index (κ1) is 17.0. The van der Waals surface area contributed by atoms with Gasteiger partial charge in [-0.1, -0.05) is 12.1 Å². The van der Waals surface area contributed by atoms with Crippen LogP contribution in [0.15, 0.2) is 24.3 Å². The molecule has 3 rings (SSSR count). The molecule has 1 amide bonds. The van der Waals surface area contributed by atoms with Gasteiger partial charge in [-0.05, 0) is 32.4 Å². The van der Waals surface area contributed by atoms with E-state index in [0.717, 1.165) is 5.56 Å². The van der Waals surface area contributed by atoms with Gasteiger partial charge in [0, 0.05) is 12.1 Å². The van der Waals surface area contributed by atoms with E-state index in [1.54, 1.807) is 14.0 Å². The van der Waals surface area contributed by atoms with Gasteiger partial charge in [0.1, 0.15) is 23.9 Å². The second-order valence-electron chi connectivity index (χ2n) is 5.96. The molecule has 0 radical (unpaired) electrons. The van der Waals surface area contributed by atoms with Gasteiger partial charge in [-0.2, -0.15) is 0 Å². The van der Waals surface area contributed by atoms with Gasteiger partial charge in [-0.15, -0.1) is 0 Å². The highest BCUT2D eigenvalue weighted by Crippen LogP contribution is 2.26. The van der Waals surface area contributed by atoms with Crippen LogP contribution >= 0.6 is 0 Å². The number of aromatic nitrogens is 2. The van der Waals surface area contributed by atoms with Crippen molar-refractivity contribution in [2.24, 2.45) is 0 Å². The number of carbonyl (C=O) groups excluding carboxylic acids is 1. The number of hydrogen-bond acceptors (Lipinski definition) is 6. The Labute approximate surface area is 146 Å². The van der Waals surface area contributed by atoms with Gasteiger partial charge in [-0.3, -0.25) is 4.79 Å². The van der Waals surface area contributed by atoms with Crippen molar-refractivity contribution in [1.82, 2.24) is 15.3 Å². The minimum Gasteiger partial charge on any atom is -0.493 e. The number of rotatable bonds is 6. The summed E-state index contributed by atoms with van der Waals surface area (Å²) in [6.45, 7) is 4.81. The maximum absolute atomic E-state index is 12.0. The van der Waals surface area contributed by atoms with E-state index in [9.17, 15) is 4.79 Å². The summed E-state index contributed by atoms with van der Waals surface area (Å²) in [7, 11) is 1.62. The van der Waals surface area contributed by atoms with Crippen molar-refractivity contribution in [3.8, 4) is 11.5 Å². The SMILES string of the molecule is COc1ccccc1OCC(C)Nc1nc(C)nc2c1CCNC2=O. The monoisotopic (exact) mass is 342 g/mol. The Bertz CT molecular complexity index is 779. The standard InChI is InChI=1S/C18H22N4O3/c1-11(10-25-15-7-5-4-6-14(15)24-3)20-17-13-8-9-19-18(23)16(13)21-12(2)22-17/h4-7,11H,8-10H2,1-3H3,(H,19,23)(H,20,21,22). The Morgan fingerprint density at radius 2 is 2.04 bits per heavy atom. The number of ether oxygens (including phenoxy) is 2. The van der Waals surface area contributed by atoms with E-state index in [0.29, 0.717) is 48.4 Å². The molecule has 132 valence electrons. The molecule has 0 spiro atoms. The second-order valence-corrected chi connectivity index (χ2v) is 5.96. The van der Waals surface area contributed by atoms with Crippen LogP contribution in [0.3, 0.4) is 0 Å². The second kappa shape index (κ2) is 7.38. The summed E-state index contributed by atoms with van der Waals surface area (Å²) < 4.78 is 11.1. The molecular formula is C18H22N4O3. The molecule has 0 saturated carbocycles. The minimum absolute atomic E-state index is 0.00620. The number of hydrogen-bond donors (Lipinski definition) is 2. The van der Waals surface area contributed by atoms with Crippen LogP contribution in [0, 0.1) is 6.92 Å². The number of carbonyl (C=O) groups is 1. The summed E-state index contributed by atoms with van der Waals surface area (Å²) in [5.74, 6) is 2.51. The number of amides is 1. The lowest BCUT2D eigenvalue weighted by atomic mass is 10.1. The fourth-order valence-corrected chi connectivity index (χ4v) is 2.75. The molecule has 1 unspecified atom stereocenters. The molecule has 25 heavy (non-hydrogen) atoms. The highest BCUT2D eigenvalue weighted by atomic mass is 16.5. The van der Waals surface area contributed by atoms with E-state index in [4.69, 9.17) is 9.47 Å². The Morgan fingerprint density at radius 3 is 2.80 bits per heavy atom. The first-order valence-electron chi connectivity index (χ1n) is 8.26. The normalized spacial score (nSPS) is 14.3. The summed E-state index contributed by atoms with van der Waals surface area (Å²) in [5, 5.41) is 6.15. The van der Waals surface area contributed by atoms with Crippen molar-refractivity contribution in [2.75, 3.05) is 25.6 Å². The molecule has 1 aliphatic rings. The van der Waals surface area contributed by atoms with Crippen LogP contribution in [0.4, 0.5) is 5.82 Å². The van der Waals surface area contributed by atoms with Crippen molar-refractivity contribution in [3.05, 3.63) is 41.3 Å². The maximum Gasteiger partial charge on any atom is 0.270 e. The van der Waals surface area contributed by atoms with Crippen LogP contribution in [0.1, 0.15) is 28.8 Å². The number of para-hydroxylation sites is 2. The minimum atomic E-state index is -0.146. The molecule has 0 aliphatic carbocycles. The third kappa shape index (κ3) is 3.81. The van der Waals surface area contributed by atoms with Crippen molar-refractivity contribution in [3.63, 3.8) is 0 Å². The summed E-state index contributed by atoms with van der Waals surface area (Å²) in [6, 6.07) is 7.52. The molecule has 1 aliphatic heterocycles. The van der Waals surface area contributed by atoms with Gasteiger partial charge in [-0.25, -0.2) is 9.97 Å². The number of nitrogens with one attached hydrogen (secondary N) is 2. The van der Waals surface area contributed by atoms with Crippen LogP contribution in [-0.4, -0.2) is 42.2 Å². The van der Waals surface area contributed by atoms with E-state index >= 15 is 0 Å². The van der Waals surface area contributed by atoms with Crippen LogP contribution in [0.2, 0.25) is 0 Å². The zero-order chi connectivity index (χ0) is 17.8. The maximum atomic E-state index is 12.0. The molecule has 7 heteroatoms. The summed E-state index contributed by atoms with van der Waals surface area (Å²) in [6.07, 6.45) is 0.712. The number of fused-ring (bicyclic) bond motifs is 1. The molecule has 2 aromatic rings. The molecule has 0 fully saturated rings. The highest BCUT2D eigenvalue weighted by Gasteiger charge is 2.23. The highest BCUT2D eigenvalue weighted by molar-refractivity contribution is 5.96. The summed E-state index contributed by atoms with van der Waals surface area (Å²) in [4.78, 5) is 20.7. The quantitative estimate of drug-likeness (QED) is 0.835. The summed E-state index contributed by atoms with van der Waals surface area (Å²) in [5.41, 5.74) is 1.32. The predicted octanol–water partition coefficient (Wildman–Crippen LogP) is 1.96. The van der Waals surface area contributed by atoms with Crippen LogP contribution < -0.4 is 20.1 Å². The Balaban J connectivity index is 1.71. The van der Waals surface area contributed by atoms with E-state index in [1.807, 2.05) is 31.2 Å². The van der Waals surface area contributed by atoms with Crippen molar-refractivity contribution in [2.45, 2.75) is 26.3 Å². The first-order chi connectivity index (χ1) is 12.1. The summed E-state index contributed by atoms with van der Waals surface area (Å²) >= 11 is 0. The molecule has 1 atom stereocenters. The van der Waals surface area contributed by atoms with Crippen LogP contribution in [0.5, 0.6) is 11.5 Å². The number of methoxy groups -OCH3 is 1. The van der Waals surface area contributed by atoms with Gasteiger partial charge in [0.15, 0.2) is 11.5 Å². The molecule has 0 saturated heterocycles. The number of nitrogens with zero attached hydrogens (tertiary/aromatic N) is 2. The lowest BCUT2D eigenvalue weighted by molar-refractivity contribution is 0.0940. The predicted molar refractivity (Wildman–Crippen MR) is 94.4 cm³/mol. The number of benzene rings is 1. The molecule has 1 aromatic heterocycles. The zero-order valence-electron chi connectivity index (χ0n) is 14.6. The molecule has 0 bridgehead atoms. The average Bonchev–Trinajstić information content (AvgIpc) is 2.61. The number of anilines is 1. The van der Waals surface area contributed by atoms with Crippen molar-refractivity contribution in [1.29, 1.82) is 0 Å². The smallest absolute Gasteiger partial charge is 0.270 e. The zero-order valence-corrected chi connectivity index (χ0v) is 14.6. The molecule has 1 aromatic carbocycles. The van der Waals surface area contributed by atoms with E-state index < -0.39 is 0 Å². The van der Waals surface area contributed by atoms with Gasteiger partial charge < -0.3 is 20.1 Å². The fraction of sp³-hybridized carbons (Fsp3) is 0.389. The van der Waals surface area contributed by atoms with Gasteiger partial charge in [0.25, 0.3) is 5.91 Å². The lowest BCUT2D eigenvalue weighted by Gasteiger charge is -2.22. The topological polar surface area (TPSA) is 85.4 Å². The van der Waals surface area contributed by atoms with E-state index in [1.165, 1.54) is 0 Å². The average molecular weight is 342 g/mol. The van der Waals surface area contributed by atoms with Crippen molar-refractivity contribution < 1.29 is 14.3 Å². The van der Waals surface area contributed by atoms with Gasteiger partial charge in [0.2, 0.25) is 0 Å². The lowest BCUT2D eigenvalue weighted by Crippen LogP contribution is -2.35. The van der Waals surface area contributed by atoms with Gasteiger partial charge in [0.05, 0.1) is 13.2 Å². The molecule has 2 heterocycles. The Morgan fingerprint density at radius 1 is 1.28 bits per heavy atom. The van der Waals surface area contributed by atoms with E-state index in [2.05, 4.69) is 20.6 Å². The Hall–Kier alpha value is -2.83. The molecular weight excluding hydrogens is 320 g/mol. The van der Waals surface area contributed by atoms with Crippen molar-refractivity contribution >= 4 is 11.7 Å². The van der Waals surface area contributed by atoms with Crippen LogP contribution in [-0.2, 0) is 6.42 Å². The van der Waals surface area contributed by atoms with E-state index in [-0.39, 0.29) is 11.9 Å². The molecule has 2 N–H and O–H groups in total. The first-order valence-corrected chi connectivity index (χ1v) is 8.26. The number of aryl methyl sites for hydroxylation is 1.